The minimum atomic E-state index is -3.52. The number of benzene rings is 1. The van der Waals surface area contributed by atoms with Crippen molar-refractivity contribution in [3.63, 3.8) is 0 Å². The summed E-state index contributed by atoms with van der Waals surface area (Å²) in [6, 6.07) is 10.8. The van der Waals surface area contributed by atoms with Crippen molar-refractivity contribution in [3.8, 4) is 0 Å². The van der Waals surface area contributed by atoms with E-state index in [-0.39, 0.29) is 18.4 Å². The molecule has 0 saturated carbocycles. The summed E-state index contributed by atoms with van der Waals surface area (Å²) in [6.45, 7) is 2.56. The second kappa shape index (κ2) is 7.57. The van der Waals surface area contributed by atoms with Crippen LogP contribution in [0.1, 0.15) is 17.7 Å². The second-order valence-corrected chi connectivity index (χ2v) is 10.4. The number of rotatable bonds is 4. The highest BCUT2D eigenvalue weighted by Gasteiger charge is 2.34. The topological polar surface area (TPSA) is 66.5 Å². The third-order valence-corrected chi connectivity index (χ3v) is 7.98. The molecule has 1 aliphatic heterocycles. The zero-order valence-corrected chi connectivity index (χ0v) is 17.0. The molecule has 0 spiro atoms. The van der Waals surface area contributed by atoms with Crippen LogP contribution in [0.25, 0.3) is 0 Å². The van der Waals surface area contributed by atoms with E-state index in [0.29, 0.717) is 29.3 Å². The fourth-order valence-electron chi connectivity index (χ4n) is 2.86. The lowest BCUT2D eigenvalue weighted by atomic mass is 9.99. The van der Waals surface area contributed by atoms with E-state index in [4.69, 9.17) is 0 Å². The van der Waals surface area contributed by atoms with Gasteiger partial charge in [-0.05, 0) is 50.1 Å². The van der Waals surface area contributed by atoms with Crippen LogP contribution < -0.4 is 5.32 Å². The molecule has 1 amide bonds. The lowest BCUT2D eigenvalue weighted by Crippen LogP contribution is -2.43. The smallest absolute Gasteiger partial charge is 0.252 e. The number of halogens is 1. The van der Waals surface area contributed by atoms with E-state index in [1.54, 1.807) is 12.1 Å². The standard InChI is InChI=1S/C17H19BrN2O3S2/c1-12-7-8-16(24-12)25(22,23)20-9-3-4-13(11-20)17(21)19-15-6-2-5-14(18)10-15/h2,5-8,10,13H,3-4,9,11H2,1H3,(H,19,21). The highest BCUT2D eigenvalue weighted by molar-refractivity contribution is 9.10. The number of nitrogens with one attached hydrogen (secondary N) is 1. The van der Waals surface area contributed by atoms with E-state index in [9.17, 15) is 13.2 Å². The maximum Gasteiger partial charge on any atom is 0.252 e. The van der Waals surface area contributed by atoms with Gasteiger partial charge in [0, 0.05) is 28.1 Å². The Morgan fingerprint density at radius 1 is 1.32 bits per heavy atom. The first-order chi connectivity index (χ1) is 11.9. The number of thiophene rings is 1. The predicted molar refractivity (Wildman–Crippen MR) is 103 cm³/mol. The molecule has 1 atom stereocenters. The third-order valence-electron chi connectivity index (χ3n) is 4.16. The molecule has 1 aromatic heterocycles. The van der Waals surface area contributed by atoms with Crippen molar-refractivity contribution in [3.05, 3.63) is 45.7 Å². The first-order valence-electron chi connectivity index (χ1n) is 7.99. The Hall–Kier alpha value is -1.22. The van der Waals surface area contributed by atoms with E-state index in [0.717, 1.165) is 9.35 Å². The molecule has 8 heteroatoms. The SMILES string of the molecule is Cc1ccc(S(=O)(=O)N2CCCC(C(=O)Nc3cccc(Br)c3)C2)s1. The van der Waals surface area contributed by atoms with Crippen LogP contribution in [-0.2, 0) is 14.8 Å². The van der Waals surface area contributed by atoms with Gasteiger partial charge in [-0.25, -0.2) is 8.42 Å². The summed E-state index contributed by atoms with van der Waals surface area (Å²) >= 11 is 4.64. The van der Waals surface area contributed by atoms with Gasteiger partial charge in [-0.2, -0.15) is 4.31 Å². The fraction of sp³-hybridized carbons (Fsp3) is 0.353. The maximum absolute atomic E-state index is 12.8. The molecule has 25 heavy (non-hydrogen) atoms. The van der Waals surface area contributed by atoms with Crippen LogP contribution in [0.4, 0.5) is 5.69 Å². The minimum absolute atomic E-state index is 0.139. The molecule has 0 bridgehead atoms. The molecule has 1 aliphatic rings. The van der Waals surface area contributed by atoms with Crippen LogP contribution in [0.3, 0.4) is 0 Å². The van der Waals surface area contributed by atoms with Crippen LogP contribution in [0, 0.1) is 12.8 Å². The lowest BCUT2D eigenvalue weighted by molar-refractivity contribution is -0.120. The summed E-state index contributed by atoms with van der Waals surface area (Å²) in [5.41, 5.74) is 0.702. The number of hydrogen-bond acceptors (Lipinski definition) is 4. The van der Waals surface area contributed by atoms with Crippen molar-refractivity contribution in [2.45, 2.75) is 24.0 Å². The Morgan fingerprint density at radius 2 is 2.12 bits per heavy atom. The fourth-order valence-corrected chi connectivity index (χ4v) is 6.22. The third kappa shape index (κ3) is 4.31. The number of carbonyl (C=O) groups is 1. The minimum Gasteiger partial charge on any atom is -0.326 e. The van der Waals surface area contributed by atoms with Gasteiger partial charge in [-0.1, -0.05) is 22.0 Å². The average Bonchev–Trinajstić information content (AvgIpc) is 3.02. The van der Waals surface area contributed by atoms with Gasteiger partial charge >= 0.3 is 0 Å². The van der Waals surface area contributed by atoms with Gasteiger partial charge in [0.2, 0.25) is 5.91 Å². The zero-order chi connectivity index (χ0) is 18.0. The van der Waals surface area contributed by atoms with Gasteiger partial charge in [0.25, 0.3) is 10.0 Å². The van der Waals surface area contributed by atoms with Gasteiger partial charge in [0.05, 0.1) is 5.92 Å². The lowest BCUT2D eigenvalue weighted by Gasteiger charge is -2.30. The van der Waals surface area contributed by atoms with Crippen LogP contribution in [-0.4, -0.2) is 31.7 Å². The number of aryl methyl sites for hydroxylation is 1. The summed E-state index contributed by atoms with van der Waals surface area (Å²) in [5.74, 6) is -0.482. The van der Waals surface area contributed by atoms with Gasteiger partial charge in [0.1, 0.15) is 4.21 Å². The molecule has 1 unspecified atom stereocenters. The van der Waals surface area contributed by atoms with Gasteiger partial charge in [-0.15, -0.1) is 11.3 Å². The van der Waals surface area contributed by atoms with Crippen molar-refractivity contribution in [1.82, 2.24) is 4.31 Å². The Kier molecular flexibility index (Phi) is 5.62. The molecule has 2 heterocycles. The van der Waals surface area contributed by atoms with Crippen molar-refractivity contribution in [2.75, 3.05) is 18.4 Å². The van der Waals surface area contributed by atoms with Crippen LogP contribution in [0.2, 0.25) is 0 Å². The molecule has 0 radical (unpaired) electrons. The van der Waals surface area contributed by atoms with Crippen molar-refractivity contribution in [2.24, 2.45) is 5.92 Å². The maximum atomic E-state index is 12.8. The molecule has 0 aliphatic carbocycles. The Bertz CT molecular complexity index is 880. The largest absolute Gasteiger partial charge is 0.326 e. The Morgan fingerprint density at radius 3 is 2.80 bits per heavy atom. The molecule has 1 N–H and O–H groups in total. The van der Waals surface area contributed by atoms with E-state index in [1.165, 1.54) is 15.6 Å². The average molecular weight is 443 g/mol. The molecular weight excluding hydrogens is 424 g/mol. The zero-order valence-electron chi connectivity index (χ0n) is 13.7. The van der Waals surface area contributed by atoms with Gasteiger partial charge < -0.3 is 5.32 Å². The summed E-state index contributed by atoms with van der Waals surface area (Å²) in [4.78, 5) is 13.5. The number of anilines is 1. The number of hydrogen-bond donors (Lipinski definition) is 1. The van der Waals surface area contributed by atoms with Crippen molar-refractivity contribution >= 4 is 48.9 Å². The molecule has 1 fully saturated rings. The van der Waals surface area contributed by atoms with Crippen LogP contribution >= 0.6 is 27.3 Å². The summed E-state index contributed by atoms with van der Waals surface area (Å²) in [6.07, 6.45) is 1.37. The van der Waals surface area contributed by atoms with Crippen LogP contribution in [0.5, 0.6) is 0 Å². The Labute approximate surface area is 160 Å². The summed E-state index contributed by atoms with van der Waals surface area (Å²) < 4.78 is 28.2. The van der Waals surface area contributed by atoms with E-state index in [1.807, 2.05) is 31.2 Å². The molecule has 134 valence electrons. The molecule has 1 aromatic carbocycles. The molecule has 2 aromatic rings. The number of amides is 1. The highest BCUT2D eigenvalue weighted by Crippen LogP contribution is 2.28. The second-order valence-electron chi connectivity index (χ2n) is 6.07. The number of nitrogens with zero attached hydrogens (tertiary/aromatic N) is 1. The van der Waals surface area contributed by atoms with Crippen molar-refractivity contribution in [1.29, 1.82) is 0 Å². The molecular formula is C17H19BrN2O3S2. The highest BCUT2D eigenvalue weighted by atomic mass is 79.9. The summed E-state index contributed by atoms with van der Waals surface area (Å²) in [7, 11) is -3.52. The first-order valence-corrected chi connectivity index (χ1v) is 11.0. The number of piperidine rings is 1. The van der Waals surface area contributed by atoms with Gasteiger partial charge in [-0.3, -0.25) is 4.79 Å². The molecule has 5 nitrogen and oxygen atoms in total. The van der Waals surface area contributed by atoms with Crippen LogP contribution in [0.15, 0.2) is 45.1 Å². The quantitative estimate of drug-likeness (QED) is 0.781. The van der Waals surface area contributed by atoms with E-state index in [2.05, 4.69) is 21.2 Å². The van der Waals surface area contributed by atoms with E-state index < -0.39 is 10.0 Å². The monoisotopic (exact) mass is 442 g/mol. The molecule has 3 rings (SSSR count). The molecule has 1 saturated heterocycles. The number of sulfonamides is 1. The first kappa shape index (κ1) is 18.6. The van der Waals surface area contributed by atoms with Crippen molar-refractivity contribution < 1.29 is 13.2 Å². The van der Waals surface area contributed by atoms with Gasteiger partial charge in [0.15, 0.2) is 0 Å². The number of carbonyl (C=O) groups excluding carboxylic acids is 1. The van der Waals surface area contributed by atoms with E-state index >= 15 is 0 Å². The predicted octanol–water partition coefficient (Wildman–Crippen LogP) is 3.86. The Balaban J connectivity index is 1.71. The normalized spacial score (nSPS) is 18.9. The summed E-state index contributed by atoms with van der Waals surface area (Å²) in [5, 5.41) is 2.88.